The number of carbonyl (C=O) groups excluding carboxylic acids is 2. The van der Waals surface area contributed by atoms with Crippen molar-refractivity contribution in [1.29, 1.82) is 5.26 Å². The molecule has 0 unspecified atom stereocenters. The summed E-state index contributed by atoms with van der Waals surface area (Å²) in [6, 6.07) is 1.55. The number of carbonyl (C=O) groups is 2. The van der Waals surface area contributed by atoms with Crippen molar-refractivity contribution in [2.75, 3.05) is 7.11 Å². The van der Waals surface area contributed by atoms with Gasteiger partial charge in [0, 0.05) is 0 Å². The van der Waals surface area contributed by atoms with Gasteiger partial charge in [0.1, 0.15) is 11.6 Å². The third kappa shape index (κ3) is 4.89. The van der Waals surface area contributed by atoms with Gasteiger partial charge in [0.15, 0.2) is 0 Å². The average molecular weight is 212 g/mol. The third-order valence-electron chi connectivity index (χ3n) is 1.11. The molecule has 8 nitrogen and oxygen atoms in total. The van der Waals surface area contributed by atoms with E-state index in [1.54, 1.807) is 6.07 Å². The zero-order valence-corrected chi connectivity index (χ0v) is 7.72. The van der Waals surface area contributed by atoms with Crippen molar-refractivity contribution in [1.82, 2.24) is 10.7 Å². The van der Waals surface area contributed by atoms with E-state index in [1.165, 1.54) is 0 Å². The Hall–Kier alpha value is -2.56. The predicted molar refractivity (Wildman–Crippen MR) is 48.5 cm³/mol. The van der Waals surface area contributed by atoms with Crippen molar-refractivity contribution in [2.24, 2.45) is 5.10 Å². The van der Waals surface area contributed by atoms with Crippen molar-refractivity contribution in [3.05, 3.63) is 11.5 Å². The highest BCUT2D eigenvalue weighted by molar-refractivity contribution is 5.85. The number of nitriles is 1. The Balaban J connectivity index is 4.47. The van der Waals surface area contributed by atoms with Gasteiger partial charge < -0.3 is 9.84 Å². The Morgan fingerprint density at radius 1 is 1.67 bits per heavy atom. The monoisotopic (exact) mass is 212 g/mol. The molecule has 8 heteroatoms. The van der Waals surface area contributed by atoms with Crippen LogP contribution in [-0.2, 0) is 9.53 Å². The maximum atomic E-state index is 10.5. The minimum absolute atomic E-state index is 0.189. The molecule has 0 bridgehead atoms. The Bertz CT molecular complexity index is 341. The second-order valence-electron chi connectivity index (χ2n) is 2.00. The molecule has 3 N–H and O–H groups in total. The van der Waals surface area contributed by atoms with Crippen LogP contribution in [0.3, 0.4) is 0 Å². The molecule has 0 aliphatic heterocycles. The first-order valence-corrected chi connectivity index (χ1v) is 3.56. The van der Waals surface area contributed by atoms with Gasteiger partial charge in [0.2, 0.25) is 12.3 Å². The van der Waals surface area contributed by atoms with Crippen molar-refractivity contribution >= 4 is 18.7 Å². The summed E-state index contributed by atoms with van der Waals surface area (Å²) in [7, 11) is 1.14. The van der Waals surface area contributed by atoms with Crippen LogP contribution in [0.25, 0.3) is 0 Å². The molecule has 0 radical (unpaired) electrons. The second-order valence-corrected chi connectivity index (χ2v) is 2.00. The van der Waals surface area contributed by atoms with E-state index in [0.717, 1.165) is 13.3 Å². The van der Waals surface area contributed by atoms with E-state index in [4.69, 9.17) is 10.4 Å². The summed E-state index contributed by atoms with van der Waals surface area (Å²) >= 11 is 0. The minimum Gasteiger partial charge on any atom is -0.494 e. The molecule has 0 aromatic rings. The van der Waals surface area contributed by atoms with Crippen LogP contribution in [0, 0.1) is 11.3 Å². The predicted octanol–water partition coefficient (Wildman–Crippen LogP) is -0.633. The zero-order chi connectivity index (χ0) is 11.7. The standard InChI is InChI=1S/C7H8N4O4/c1-15-7(14)11-10-3-5(2-8)6(13)9-4-12/h3-4,13H,1H3,(H,9,12)(H,11,14). The summed E-state index contributed by atoms with van der Waals surface area (Å²) in [5.41, 5.74) is 1.57. The molecule has 0 aliphatic rings. The quantitative estimate of drug-likeness (QED) is 0.188. The summed E-state index contributed by atoms with van der Waals surface area (Å²) in [5.74, 6) is -0.664. The second kappa shape index (κ2) is 6.90. The maximum absolute atomic E-state index is 10.5. The molecule has 80 valence electrons. The van der Waals surface area contributed by atoms with E-state index in [1.807, 2.05) is 10.7 Å². The summed E-state index contributed by atoms with van der Waals surface area (Å²) < 4.78 is 4.18. The molecular formula is C7H8N4O4. The van der Waals surface area contributed by atoms with Crippen molar-refractivity contribution in [3.63, 3.8) is 0 Å². The van der Waals surface area contributed by atoms with Crippen molar-refractivity contribution in [3.8, 4) is 6.07 Å². The number of amides is 2. The van der Waals surface area contributed by atoms with Crippen LogP contribution in [-0.4, -0.2) is 30.9 Å². The van der Waals surface area contributed by atoms with Crippen LogP contribution in [0.1, 0.15) is 0 Å². The number of aliphatic hydroxyl groups is 1. The number of methoxy groups -OCH3 is 1. The van der Waals surface area contributed by atoms with Gasteiger partial charge in [-0.2, -0.15) is 10.4 Å². The molecule has 15 heavy (non-hydrogen) atoms. The lowest BCUT2D eigenvalue weighted by Gasteiger charge is -1.97. The molecule has 0 spiro atoms. The van der Waals surface area contributed by atoms with E-state index < -0.39 is 12.0 Å². The van der Waals surface area contributed by atoms with Crippen LogP contribution >= 0.6 is 0 Å². The van der Waals surface area contributed by atoms with Crippen molar-refractivity contribution in [2.45, 2.75) is 0 Å². The van der Waals surface area contributed by atoms with Crippen molar-refractivity contribution < 1.29 is 19.4 Å². The van der Waals surface area contributed by atoms with Gasteiger partial charge in [-0.15, -0.1) is 0 Å². The van der Waals surface area contributed by atoms with E-state index in [9.17, 15) is 9.59 Å². The summed E-state index contributed by atoms with van der Waals surface area (Å²) in [4.78, 5) is 20.4. The van der Waals surface area contributed by atoms with E-state index in [0.29, 0.717) is 0 Å². The van der Waals surface area contributed by atoms with Gasteiger partial charge >= 0.3 is 6.09 Å². The highest BCUT2D eigenvalue weighted by atomic mass is 16.5. The fourth-order valence-electron chi connectivity index (χ4n) is 0.472. The van der Waals surface area contributed by atoms with E-state index in [-0.39, 0.29) is 12.0 Å². The third-order valence-corrected chi connectivity index (χ3v) is 1.11. The SMILES string of the molecule is COC(=O)NN=CC(C#N)=C(O)NC=O. The zero-order valence-electron chi connectivity index (χ0n) is 7.72. The topological polar surface area (TPSA) is 124 Å². The fourth-order valence-corrected chi connectivity index (χ4v) is 0.472. The fraction of sp³-hybridized carbons (Fsp3) is 0.143. The Morgan fingerprint density at radius 2 is 2.33 bits per heavy atom. The first-order valence-electron chi connectivity index (χ1n) is 3.56. The number of hydrogen-bond donors (Lipinski definition) is 3. The number of nitrogens with one attached hydrogen (secondary N) is 2. The molecule has 0 rings (SSSR count). The molecule has 0 fully saturated rings. The maximum Gasteiger partial charge on any atom is 0.427 e. The molecule has 0 saturated carbocycles. The number of ether oxygens (including phenoxy) is 1. The number of rotatable bonds is 4. The van der Waals surface area contributed by atoms with Crippen LogP contribution in [0.15, 0.2) is 16.6 Å². The molecule has 0 saturated heterocycles. The number of hydrazone groups is 1. The number of nitrogens with zero attached hydrogens (tertiary/aromatic N) is 2. The van der Waals surface area contributed by atoms with E-state index in [2.05, 4.69) is 9.84 Å². The Labute approximate surface area is 84.8 Å². The minimum atomic E-state index is -0.827. The van der Waals surface area contributed by atoms with Gasteiger partial charge in [0.05, 0.1) is 13.3 Å². The molecule has 0 heterocycles. The molecule has 0 aliphatic carbocycles. The van der Waals surface area contributed by atoms with Gasteiger partial charge in [-0.3, -0.25) is 10.1 Å². The molecule has 0 aromatic heterocycles. The normalized spacial score (nSPS) is 11.2. The molecule has 2 amide bonds. The smallest absolute Gasteiger partial charge is 0.427 e. The van der Waals surface area contributed by atoms with E-state index >= 15 is 0 Å². The van der Waals surface area contributed by atoms with Gasteiger partial charge in [0.25, 0.3) is 0 Å². The average Bonchev–Trinajstić information content (AvgIpc) is 2.24. The molecule has 0 aromatic carbocycles. The first-order chi connectivity index (χ1) is 7.15. The van der Waals surface area contributed by atoms with Gasteiger partial charge in [-0.1, -0.05) is 0 Å². The molecular weight excluding hydrogens is 204 g/mol. The lowest BCUT2D eigenvalue weighted by Crippen LogP contribution is -2.18. The first kappa shape index (κ1) is 12.4. The van der Waals surface area contributed by atoms with Crippen LogP contribution < -0.4 is 10.7 Å². The largest absolute Gasteiger partial charge is 0.494 e. The number of allylic oxidation sites excluding steroid dienone is 1. The number of hydrogen-bond acceptors (Lipinski definition) is 6. The van der Waals surface area contributed by atoms with Crippen LogP contribution in [0.4, 0.5) is 4.79 Å². The summed E-state index contributed by atoms with van der Waals surface area (Å²) in [6.07, 6.45) is 0.211. The van der Waals surface area contributed by atoms with Gasteiger partial charge in [-0.05, 0) is 0 Å². The number of aliphatic hydroxyl groups excluding tert-OH is 1. The summed E-state index contributed by atoms with van der Waals surface area (Å²) in [5, 5.41) is 22.6. The highest BCUT2D eigenvalue weighted by Gasteiger charge is 2.01. The van der Waals surface area contributed by atoms with Gasteiger partial charge in [-0.25, -0.2) is 10.2 Å². The highest BCUT2D eigenvalue weighted by Crippen LogP contribution is 1.92. The summed E-state index contributed by atoms with van der Waals surface area (Å²) in [6.45, 7) is 0. The lowest BCUT2D eigenvalue weighted by atomic mass is 10.3. The van der Waals surface area contributed by atoms with Crippen LogP contribution in [0.2, 0.25) is 0 Å². The Kier molecular flexibility index (Phi) is 5.72. The molecule has 0 atom stereocenters. The lowest BCUT2D eigenvalue weighted by molar-refractivity contribution is -0.109. The van der Waals surface area contributed by atoms with Crippen LogP contribution in [0.5, 0.6) is 0 Å². The Morgan fingerprint density at radius 3 is 2.80 bits per heavy atom.